The summed E-state index contributed by atoms with van der Waals surface area (Å²) in [7, 11) is 0. The van der Waals surface area contributed by atoms with Crippen molar-refractivity contribution in [1.82, 2.24) is 0 Å². The molecular formula is C12H10. The Hall–Kier alpha value is -1.56. The highest BCUT2D eigenvalue weighted by Crippen LogP contribution is 2.21. The van der Waals surface area contributed by atoms with Gasteiger partial charge in [-0.05, 0) is 28.9 Å². The monoisotopic (exact) mass is 154 g/mol. The SMILES string of the molecule is C=CC=C(C=C1C=C1)C=C1C=C1. The number of allylic oxidation sites excluding steroid dienone is 11. The lowest BCUT2D eigenvalue weighted by atomic mass is 10.2. The molecule has 0 bridgehead atoms. The second-order valence-electron chi connectivity index (χ2n) is 2.86. The molecule has 0 aliphatic heterocycles. The second-order valence-corrected chi connectivity index (χ2v) is 2.86. The van der Waals surface area contributed by atoms with Crippen LogP contribution in [0.2, 0.25) is 0 Å². The molecule has 0 aromatic carbocycles. The Bertz CT molecular complexity index is 311. The summed E-state index contributed by atoms with van der Waals surface area (Å²) in [5.41, 5.74) is 3.83. The average Bonchev–Trinajstić information content (AvgIpc) is 2.82. The lowest BCUT2D eigenvalue weighted by molar-refractivity contribution is 1.66. The van der Waals surface area contributed by atoms with E-state index in [0.717, 1.165) is 0 Å². The van der Waals surface area contributed by atoms with Crippen molar-refractivity contribution in [3.63, 3.8) is 0 Å². The van der Waals surface area contributed by atoms with Gasteiger partial charge in [0, 0.05) is 0 Å². The van der Waals surface area contributed by atoms with E-state index in [0.29, 0.717) is 0 Å². The lowest BCUT2D eigenvalue weighted by Gasteiger charge is -1.89. The minimum atomic E-state index is 1.21. The number of hydrogen-bond acceptors (Lipinski definition) is 0. The van der Waals surface area contributed by atoms with E-state index in [2.05, 4.69) is 43.0 Å². The van der Waals surface area contributed by atoms with E-state index in [4.69, 9.17) is 0 Å². The second kappa shape index (κ2) is 2.82. The third-order valence-electron chi connectivity index (χ3n) is 1.70. The van der Waals surface area contributed by atoms with E-state index in [1.54, 1.807) is 0 Å². The van der Waals surface area contributed by atoms with Crippen molar-refractivity contribution < 1.29 is 0 Å². The van der Waals surface area contributed by atoms with Crippen LogP contribution >= 0.6 is 0 Å². The molecule has 0 N–H and O–H groups in total. The standard InChI is InChI=1S/C12H10/c1-2-3-12(8-10-4-5-10)9-11-6-7-11/h2-9H,1H2. The summed E-state index contributed by atoms with van der Waals surface area (Å²) < 4.78 is 0. The molecule has 0 saturated heterocycles. The highest BCUT2D eigenvalue weighted by Gasteiger charge is 2.02. The van der Waals surface area contributed by atoms with Gasteiger partial charge in [0.15, 0.2) is 0 Å². The normalized spacial score (nSPS) is 15.7. The van der Waals surface area contributed by atoms with Gasteiger partial charge in [-0.3, -0.25) is 0 Å². The van der Waals surface area contributed by atoms with Crippen LogP contribution in [0.1, 0.15) is 0 Å². The largest absolute Gasteiger partial charge is 0.0990 e. The third kappa shape index (κ3) is 1.96. The molecule has 0 aromatic heterocycles. The first kappa shape index (κ1) is 7.11. The van der Waals surface area contributed by atoms with Gasteiger partial charge in [0.2, 0.25) is 0 Å². The van der Waals surface area contributed by atoms with Gasteiger partial charge in [-0.15, -0.1) is 0 Å². The Morgan fingerprint density at radius 2 is 1.50 bits per heavy atom. The van der Waals surface area contributed by atoms with Gasteiger partial charge in [0.05, 0.1) is 0 Å². The molecule has 0 amide bonds. The molecule has 0 radical (unpaired) electrons. The van der Waals surface area contributed by atoms with Crippen LogP contribution in [0.5, 0.6) is 0 Å². The zero-order valence-electron chi connectivity index (χ0n) is 6.83. The van der Waals surface area contributed by atoms with Gasteiger partial charge >= 0.3 is 0 Å². The van der Waals surface area contributed by atoms with Crippen LogP contribution < -0.4 is 0 Å². The van der Waals surface area contributed by atoms with Crippen molar-refractivity contribution >= 4 is 0 Å². The summed E-state index contributed by atoms with van der Waals surface area (Å²) >= 11 is 0. The smallest absolute Gasteiger partial charge is 0.0245 e. The van der Waals surface area contributed by atoms with E-state index in [-0.39, 0.29) is 0 Å². The van der Waals surface area contributed by atoms with Crippen LogP contribution in [-0.2, 0) is 0 Å². The topological polar surface area (TPSA) is 0 Å². The summed E-state index contributed by atoms with van der Waals surface area (Å²) in [6, 6.07) is 0. The van der Waals surface area contributed by atoms with E-state index in [1.807, 2.05) is 12.2 Å². The quantitative estimate of drug-likeness (QED) is 0.548. The summed E-state index contributed by atoms with van der Waals surface area (Å²) in [5, 5.41) is 0. The molecule has 0 atom stereocenters. The van der Waals surface area contributed by atoms with Gasteiger partial charge < -0.3 is 0 Å². The van der Waals surface area contributed by atoms with Crippen LogP contribution in [0.3, 0.4) is 0 Å². The Labute approximate surface area is 72.6 Å². The third-order valence-corrected chi connectivity index (χ3v) is 1.70. The minimum Gasteiger partial charge on any atom is -0.0990 e. The molecular weight excluding hydrogens is 144 g/mol. The Morgan fingerprint density at radius 1 is 1.00 bits per heavy atom. The van der Waals surface area contributed by atoms with Crippen molar-refractivity contribution in [2.45, 2.75) is 0 Å². The van der Waals surface area contributed by atoms with E-state index in [9.17, 15) is 0 Å². The summed E-state index contributed by atoms with van der Waals surface area (Å²) in [4.78, 5) is 0. The van der Waals surface area contributed by atoms with E-state index < -0.39 is 0 Å². The van der Waals surface area contributed by atoms with Gasteiger partial charge in [0.25, 0.3) is 0 Å². The van der Waals surface area contributed by atoms with Crippen LogP contribution in [0.4, 0.5) is 0 Å². The maximum absolute atomic E-state index is 3.68. The van der Waals surface area contributed by atoms with Crippen molar-refractivity contribution in [3.05, 3.63) is 71.9 Å². The maximum Gasteiger partial charge on any atom is -0.0245 e. The Morgan fingerprint density at radius 3 is 1.83 bits per heavy atom. The summed E-state index contributed by atoms with van der Waals surface area (Å²) in [6.45, 7) is 3.68. The first-order chi connectivity index (χ1) is 5.88. The molecule has 2 aliphatic rings. The van der Waals surface area contributed by atoms with Crippen LogP contribution in [0, 0.1) is 0 Å². The van der Waals surface area contributed by atoms with Crippen molar-refractivity contribution in [3.8, 4) is 0 Å². The predicted octanol–water partition coefficient (Wildman–Crippen LogP) is 3.09. The molecule has 12 heavy (non-hydrogen) atoms. The maximum atomic E-state index is 3.68. The van der Waals surface area contributed by atoms with Crippen LogP contribution in [-0.4, -0.2) is 0 Å². The van der Waals surface area contributed by atoms with E-state index in [1.165, 1.54) is 16.7 Å². The minimum absolute atomic E-state index is 1.21. The first-order valence-electron chi connectivity index (χ1n) is 4.01. The highest BCUT2D eigenvalue weighted by atomic mass is 14.1. The Kier molecular flexibility index (Phi) is 1.67. The molecule has 0 fully saturated rings. The zero-order chi connectivity index (χ0) is 8.39. The number of hydrogen-bond donors (Lipinski definition) is 0. The fourth-order valence-corrected chi connectivity index (χ4v) is 0.948. The Balaban J connectivity index is 2.11. The molecule has 0 saturated carbocycles. The van der Waals surface area contributed by atoms with Crippen molar-refractivity contribution in [2.75, 3.05) is 0 Å². The number of rotatable bonds is 3. The molecule has 0 unspecified atom stereocenters. The van der Waals surface area contributed by atoms with Crippen molar-refractivity contribution in [2.24, 2.45) is 0 Å². The molecule has 2 rings (SSSR count). The van der Waals surface area contributed by atoms with Crippen LogP contribution in [0.25, 0.3) is 0 Å². The fourth-order valence-electron chi connectivity index (χ4n) is 0.948. The highest BCUT2D eigenvalue weighted by molar-refractivity contribution is 5.57. The van der Waals surface area contributed by atoms with Gasteiger partial charge in [0.1, 0.15) is 0 Å². The predicted molar refractivity (Wildman–Crippen MR) is 52.7 cm³/mol. The molecule has 0 spiro atoms. The van der Waals surface area contributed by atoms with Crippen LogP contribution in [0.15, 0.2) is 71.9 Å². The fraction of sp³-hybridized carbons (Fsp3) is 0. The van der Waals surface area contributed by atoms with E-state index >= 15 is 0 Å². The van der Waals surface area contributed by atoms with Crippen molar-refractivity contribution in [1.29, 1.82) is 0 Å². The van der Waals surface area contributed by atoms with Gasteiger partial charge in [-0.1, -0.05) is 43.0 Å². The molecule has 0 aromatic rings. The average molecular weight is 154 g/mol. The van der Waals surface area contributed by atoms with Gasteiger partial charge in [-0.25, -0.2) is 0 Å². The molecule has 0 heteroatoms. The summed E-state index contributed by atoms with van der Waals surface area (Å²) in [5.74, 6) is 0. The molecule has 58 valence electrons. The zero-order valence-corrected chi connectivity index (χ0v) is 6.83. The first-order valence-corrected chi connectivity index (χ1v) is 4.01. The molecule has 2 aliphatic carbocycles. The lowest BCUT2D eigenvalue weighted by Crippen LogP contribution is -1.70. The molecule has 0 nitrogen and oxygen atoms in total. The van der Waals surface area contributed by atoms with Gasteiger partial charge in [-0.2, -0.15) is 0 Å². The molecule has 0 heterocycles. The summed E-state index contributed by atoms with van der Waals surface area (Å²) in [6.07, 6.45) is 16.5.